The van der Waals surface area contributed by atoms with Gasteiger partial charge in [0.2, 0.25) is 5.13 Å². The van der Waals surface area contributed by atoms with Gasteiger partial charge in [0.15, 0.2) is 0 Å². The van der Waals surface area contributed by atoms with Crippen LogP contribution in [0.15, 0.2) is 0 Å². The van der Waals surface area contributed by atoms with Gasteiger partial charge in [-0.3, -0.25) is 4.90 Å². The van der Waals surface area contributed by atoms with Crippen molar-refractivity contribution in [2.24, 2.45) is 0 Å². The number of ether oxygens (including phenoxy) is 1. The molecule has 20 heavy (non-hydrogen) atoms. The van der Waals surface area contributed by atoms with E-state index in [0.717, 1.165) is 56.6 Å². The van der Waals surface area contributed by atoms with E-state index in [1.807, 2.05) is 0 Å². The van der Waals surface area contributed by atoms with Crippen LogP contribution in [0.2, 0.25) is 0 Å². The number of piperazine rings is 1. The Hall–Kier alpha value is -0.760. The molecule has 3 rings (SSSR count). The van der Waals surface area contributed by atoms with Crippen LogP contribution < -0.4 is 4.90 Å². The Morgan fingerprint density at radius 1 is 1.35 bits per heavy atom. The third kappa shape index (κ3) is 2.95. The van der Waals surface area contributed by atoms with Gasteiger partial charge < -0.3 is 14.7 Å². The minimum absolute atomic E-state index is 0.193. The molecule has 7 heteroatoms. The number of aliphatic hydroxyl groups is 1. The van der Waals surface area contributed by atoms with Gasteiger partial charge in [0.25, 0.3) is 0 Å². The molecule has 0 saturated carbocycles. The summed E-state index contributed by atoms with van der Waals surface area (Å²) in [6.07, 6.45) is 2.05. The lowest BCUT2D eigenvalue weighted by Gasteiger charge is -2.38. The molecule has 0 aromatic carbocycles. The predicted octanol–water partition coefficient (Wildman–Crippen LogP) is 0.545. The molecule has 0 radical (unpaired) electrons. The smallest absolute Gasteiger partial charge is 0.205 e. The molecular formula is C13H22N4O2S. The van der Waals surface area contributed by atoms with Crippen LogP contribution >= 0.6 is 11.5 Å². The number of rotatable bonds is 3. The summed E-state index contributed by atoms with van der Waals surface area (Å²) in [5, 5.41) is 10.4. The van der Waals surface area contributed by atoms with Crippen LogP contribution in [0.4, 0.5) is 5.13 Å². The van der Waals surface area contributed by atoms with Gasteiger partial charge in [-0.15, -0.1) is 0 Å². The first kappa shape index (κ1) is 14.2. The van der Waals surface area contributed by atoms with Gasteiger partial charge in [0, 0.05) is 50.3 Å². The first-order valence-electron chi connectivity index (χ1n) is 7.25. The highest BCUT2D eigenvalue weighted by molar-refractivity contribution is 7.09. The van der Waals surface area contributed by atoms with Crippen molar-refractivity contribution in [1.82, 2.24) is 14.3 Å². The lowest BCUT2D eigenvalue weighted by atomic mass is 10.00. The van der Waals surface area contributed by atoms with Gasteiger partial charge >= 0.3 is 0 Å². The van der Waals surface area contributed by atoms with Crippen molar-refractivity contribution in [2.75, 3.05) is 51.4 Å². The maximum atomic E-state index is 9.42. The Balaban J connectivity index is 1.67. The van der Waals surface area contributed by atoms with Gasteiger partial charge in [-0.05, 0) is 19.9 Å². The number of anilines is 1. The average molecular weight is 298 g/mol. The average Bonchev–Trinajstić information content (AvgIpc) is 2.98. The minimum Gasteiger partial charge on any atom is -0.395 e. The summed E-state index contributed by atoms with van der Waals surface area (Å²) < 4.78 is 9.93. The van der Waals surface area contributed by atoms with Crippen LogP contribution in [0.25, 0.3) is 0 Å². The summed E-state index contributed by atoms with van der Waals surface area (Å²) in [5.41, 5.74) is 0. The standard InChI is InChI=1S/C13H22N4O2S/c1-16-4-5-17(8-11(16)9-18)13-14-12(15-20-13)10-2-6-19-7-3-10/h10-11,18H,2-9H2,1H3. The normalized spacial score (nSPS) is 26.1. The Morgan fingerprint density at radius 2 is 2.15 bits per heavy atom. The second-order valence-electron chi connectivity index (χ2n) is 5.58. The van der Waals surface area contributed by atoms with E-state index in [1.54, 1.807) is 0 Å². The van der Waals surface area contributed by atoms with Crippen LogP contribution in [0, 0.1) is 0 Å². The molecule has 0 bridgehead atoms. The first-order valence-corrected chi connectivity index (χ1v) is 8.02. The highest BCUT2D eigenvalue weighted by Crippen LogP contribution is 2.29. The second kappa shape index (κ2) is 6.34. The van der Waals surface area contributed by atoms with E-state index in [9.17, 15) is 5.11 Å². The van der Waals surface area contributed by atoms with Crippen molar-refractivity contribution in [2.45, 2.75) is 24.8 Å². The molecule has 2 fully saturated rings. The Morgan fingerprint density at radius 3 is 2.90 bits per heavy atom. The van der Waals surface area contributed by atoms with Crippen molar-refractivity contribution in [3.63, 3.8) is 0 Å². The lowest BCUT2D eigenvalue weighted by molar-refractivity contribution is 0.0838. The van der Waals surface area contributed by atoms with E-state index in [1.165, 1.54) is 11.5 Å². The topological polar surface area (TPSA) is 61.7 Å². The van der Waals surface area contributed by atoms with Crippen LogP contribution in [0.3, 0.4) is 0 Å². The van der Waals surface area contributed by atoms with E-state index < -0.39 is 0 Å². The monoisotopic (exact) mass is 298 g/mol. The van der Waals surface area contributed by atoms with Crippen LogP contribution in [-0.2, 0) is 4.74 Å². The molecule has 1 N–H and O–H groups in total. The number of hydrogen-bond donors (Lipinski definition) is 1. The number of aliphatic hydroxyl groups excluding tert-OH is 1. The summed E-state index contributed by atoms with van der Waals surface area (Å²) in [5.74, 6) is 1.43. The predicted molar refractivity (Wildman–Crippen MR) is 78.4 cm³/mol. The largest absolute Gasteiger partial charge is 0.395 e. The molecule has 112 valence electrons. The highest BCUT2D eigenvalue weighted by atomic mass is 32.1. The first-order chi connectivity index (χ1) is 9.78. The molecule has 1 aromatic rings. The summed E-state index contributed by atoms with van der Waals surface area (Å²) in [4.78, 5) is 9.19. The van der Waals surface area contributed by atoms with Crippen LogP contribution in [0.1, 0.15) is 24.6 Å². The number of likely N-dealkylation sites (N-methyl/N-ethyl adjacent to an activating group) is 1. The van der Waals surface area contributed by atoms with Crippen molar-refractivity contribution in [3.05, 3.63) is 5.82 Å². The maximum Gasteiger partial charge on any atom is 0.205 e. The molecule has 1 atom stereocenters. The van der Waals surface area contributed by atoms with E-state index in [4.69, 9.17) is 9.72 Å². The lowest BCUT2D eigenvalue weighted by Crippen LogP contribution is -2.53. The molecule has 2 aliphatic heterocycles. The zero-order valence-electron chi connectivity index (χ0n) is 11.9. The molecule has 3 heterocycles. The molecule has 2 aliphatic rings. The van der Waals surface area contributed by atoms with E-state index in [2.05, 4.69) is 21.2 Å². The van der Waals surface area contributed by atoms with Crippen molar-refractivity contribution >= 4 is 16.7 Å². The minimum atomic E-state index is 0.193. The van der Waals surface area contributed by atoms with Gasteiger partial charge in [-0.25, -0.2) is 4.98 Å². The third-order valence-corrected chi connectivity index (χ3v) is 5.07. The third-order valence-electron chi connectivity index (χ3n) is 4.28. The molecule has 1 aromatic heterocycles. The van der Waals surface area contributed by atoms with E-state index in [-0.39, 0.29) is 12.6 Å². The molecule has 0 aliphatic carbocycles. The fraction of sp³-hybridized carbons (Fsp3) is 0.846. The van der Waals surface area contributed by atoms with E-state index >= 15 is 0 Å². The number of nitrogens with zero attached hydrogens (tertiary/aromatic N) is 4. The summed E-state index contributed by atoms with van der Waals surface area (Å²) in [6.45, 7) is 4.57. The zero-order chi connectivity index (χ0) is 13.9. The maximum absolute atomic E-state index is 9.42. The van der Waals surface area contributed by atoms with Crippen molar-refractivity contribution in [3.8, 4) is 0 Å². The molecule has 2 saturated heterocycles. The summed E-state index contributed by atoms with van der Waals surface area (Å²) in [6, 6.07) is 0.194. The van der Waals surface area contributed by atoms with Crippen molar-refractivity contribution in [1.29, 1.82) is 0 Å². The zero-order valence-corrected chi connectivity index (χ0v) is 12.7. The highest BCUT2D eigenvalue weighted by Gasteiger charge is 2.27. The molecule has 0 spiro atoms. The quantitative estimate of drug-likeness (QED) is 0.879. The Kier molecular flexibility index (Phi) is 4.50. The molecular weight excluding hydrogens is 276 g/mol. The van der Waals surface area contributed by atoms with Crippen molar-refractivity contribution < 1.29 is 9.84 Å². The fourth-order valence-corrected chi connectivity index (χ4v) is 3.57. The summed E-state index contributed by atoms with van der Waals surface area (Å²) >= 11 is 1.49. The van der Waals surface area contributed by atoms with Gasteiger partial charge in [0.1, 0.15) is 5.82 Å². The van der Waals surface area contributed by atoms with Gasteiger partial charge in [0.05, 0.1) is 12.6 Å². The molecule has 6 nitrogen and oxygen atoms in total. The fourth-order valence-electron chi connectivity index (χ4n) is 2.79. The Bertz CT molecular complexity index is 436. The van der Waals surface area contributed by atoms with E-state index in [0.29, 0.717) is 5.92 Å². The van der Waals surface area contributed by atoms with Crippen LogP contribution in [0.5, 0.6) is 0 Å². The number of aromatic nitrogens is 2. The second-order valence-corrected chi connectivity index (χ2v) is 6.32. The SMILES string of the molecule is CN1CCN(c2nc(C3CCOCC3)ns2)CC1CO. The molecule has 1 unspecified atom stereocenters. The Labute approximate surface area is 123 Å². The van der Waals surface area contributed by atoms with Gasteiger partial charge in [-0.2, -0.15) is 4.37 Å². The summed E-state index contributed by atoms with van der Waals surface area (Å²) in [7, 11) is 2.06. The van der Waals surface area contributed by atoms with Crippen LogP contribution in [-0.4, -0.2) is 71.9 Å². The number of hydrogen-bond acceptors (Lipinski definition) is 7. The molecule has 0 amide bonds. The van der Waals surface area contributed by atoms with Gasteiger partial charge in [-0.1, -0.05) is 0 Å².